The monoisotopic (exact) mass is 360 g/mol. The topological polar surface area (TPSA) is 61.8 Å². The minimum Gasteiger partial charge on any atom is -0.406 e. The van der Waals surface area contributed by atoms with Crippen LogP contribution in [-0.4, -0.2) is 54.6 Å². The lowest BCUT2D eigenvalue weighted by Gasteiger charge is -2.34. The van der Waals surface area contributed by atoms with Crippen LogP contribution in [-0.2, 0) is 0 Å². The zero-order valence-electron chi connectivity index (χ0n) is 13.9. The molecule has 1 aromatic rings. The second kappa shape index (κ2) is 9.05. The van der Waals surface area contributed by atoms with E-state index in [0.717, 1.165) is 44.5 Å². The van der Waals surface area contributed by atoms with Crippen molar-refractivity contribution in [2.75, 3.05) is 26.2 Å². The van der Waals surface area contributed by atoms with E-state index in [4.69, 9.17) is 0 Å². The summed E-state index contributed by atoms with van der Waals surface area (Å²) in [4.78, 5) is 14.2. The van der Waals surface area contributed by atoms with Crippen molar-refractivity contribution in [2.24, 2.45) is 0 Å². The van der Waals surface area contributed by atoms with Crippen LogP contribution >= 0.6 is 0 Å². The van der Waals surface area contributed by atoms with E-state index in [1.165, 1.54) is 12.1 Å². The van der Waals surface area contributed by atoms with Gasteiger partial charge >= 0.3 is 6.36 Å². The van der Waals surface area contributed by atoms with Crippen LogP contribution in [0.25, 0.3) is 0 Å². The Bertz CT molecular complexity index is 566. The van der Waals surface area contributed by atoms with Gasteiger partial charge in [-0.25, -0.2) is 0 Å². The number of amides is 1. The molecule has 1 aromatic carbocycles. The third-order valence-electron chi connectivity index (χ3n) is 4.20. The zero-order valence-corrected chi connectivity index (χ0v) is 13.9. The molecular weight excluding hydrogens is 337 g/mol. The van der Waals surface area contributed by atoms with Crippen LogP contribution in [0.1, 0.15) is 36.0 Å². The summed E-state index contributed by atoms with van der Waals surface area (Å²) in [5, 5.41) is 12.1. The predicted octanol–water partition coefficient (Wildman–Crippen LogP) is 2.55. The highest BCUT2D eigenvalue weighted by atomic mass is 19.4. The van der Waals surface area contributed by atoms with Crippen molar-refractivity contribution in [3.05, 3.63) is 29.8 Å². The molecule has 2 rings (SSSR count). The minimum atomic E-state index is -4.78. The Morgan fingerprint density at radius 1 is 1.36 bits per heavy atom. The van der Waals surface area contributed by atoms with E-state index in [9.17, 15) is 23.1 Å². The fourth-order valence-corrected chi connectivity index (χ4v) is 2.98. The Kier molecular flexibility index (Phi) is 7.07. The lowest BCUT2D eigenvalue weighted by Crippen LogP contribution is -2.43. The predicted molar refractivity (Wildman–Crippen MR) is 86.4 cm³/mol. The molecule has 2 N–H and O–H groups in total. The number of piperidine rings is 1. The van der Waals surface area contributed by atoms with Crippen molar-refractivity contribution in [2.45, 2.75) is 38.1 Å². The molecule has 5 nitrogen and oxygen atoms in total. The minimum absolute atomic E-state index is 0.118. The van der Waals surface area contributed by atoms with Crippen LogP contribution in [0.3, 0.4) is 0 Å². The zero-order chi connectivity index (χ0) is 18.3. The van der Waals surface area contributed by atoms with Crippen LogP contribution in [0, 0.1) is 0 Å². The number of likely N-dealkylation sites (tertiary alicyclic amines) is 1. The van der Waals surface area contributed by atoms with Crippen LogP contribution in [0.5, 0.6) is 5.75 Å². The summed E-state index contributed by atoms with van der Waals surface area (Å²) in [7, 11) is 0. The number of hydrogen-bond acceptors (Lipinski definition) is 4. The lowest BCUT2D eigenvalue weighted by atomic mass is 10.0. The average Bonchev–Trinajstić information content (AvgIpc) is 2.57. The van der Waals surface area contributed by atoms with E-state index in [1.54, 1.807) is 0 Å². The molecule has 0 saturated carbocycles. The van der Waals surface area contributed by atoms with Crippen LogP contribution in [0.15, 0.2) is 24.3 Å². The smallest absolute Gasteiger partial charge is 0.406 e. The summed E-state index contributed by atoms with van der Waals surface area (Å²) < 4.78 is 40.5. The maximum Gasteiger partial charge on any atom is 0.573 e. The van der Waals surface area contributed by atoms with Gasteiger partial charge in [-0.1, -0.05) is 12.5 Å². The number of carbonyl (C=O) groups excluding carboxylic acids is 1. The maximum absolute atomic E-state index is 12.2. The Morgan fingerprint density at radius 3 is 2.88 bits per heavy atom. The molecule has 0 aliphatic carbocycles. The third kappa shape index (κ3) is 6.55. The SMILES string of the molecule is O=C(NCCCN1CCCCC1CO)c1cccc(OC(F)(F)F)c1. The number of aliphatic hydroxyl groups is 1. The number of benzene rings is 1. The van der Waals surface area contributed by atoms with E-state index >= 15 is 0 Å². The van der Waals surface area contributed by atoms with Gasteiger partial charge in [-0.15, -0.1) is 13.2 Å². The highest BCUT2D eigenvalue weighted by Crippen LogP contribution is 2.23. The molecule has 0 spiro atoms. The van der Waals surface area contributed by atoms with Gasteiger partial charge in [-0.3, -0.25) is 9.69 Å². The molecule has 1 aliphatic heterocycles. The molecule has 1 saturated heterocycles. The molecule has 1 fully saturated rings. The van der Waals surface area contributed by atoms with Crippen molar-refractivity contribution in [1.29, 1.82) is 0 Å². The third-order valence-corrected chi connectivity index (χ3v) is 4.20. The van der Waals surface area contributed by atoms with Gasteiger partial charge in [0.15, 0.2) is 0 Å². The first-order valence-corrected chi connectivity index (χ1v) is 8.38. The Hall–Kier alpha value is -1.80. The van der Waals surface area contributed by atoms with E-state index < -0.39 is 18.0 Å². The van der Waals surface area contributed by atoms with Gasteiger partial charge in [0, 0.05) is 24.7 Å². The van der Waals surface area contributed by atoms with Gasteiger partial charge in [0.1, 0.15) is 5.75 Å². The highest BCUT2D eigenvalue weighted by Gasteiger charge is 2.31. The van der Waals surface area contributed by atoms with E-state index in [1.807, 2.05) is 0 Å². The number of halogens is 3. The molecule has 1 unspecified atom stereocenters. The Balaban J connectivity index is 1.77. The van der Waals surface area contributed by atoms with Gasteiger partial charge in [0.25, 0.3) is 5.91 Å². The van der Waals surface area contributed by atoms with Crippen molar-refractivity contribution < 1.29 is 27.8 Å². The van der Waals surface area contributed by atoms with E-state index in [0.29, 0.717) is 13.0 Å². The highest BCUT2D eigenvalue weighted by molar-refractivity contribution is 5.94. The first-order valence-electron chi connectivity index (χ1n) is 8.38. The Morgan fingerprint density at radius 2 is 2.16 bits per heavy atom. The molecule has 140 valence electrons. The van der Waals surface area contributed by atoms with Crippen molar-refractivity contribution in [1.82, 2.24) is 10.2 Å². The molecule has 1 amide bonds. The van der Waals surface area contributed by atoms with Gasteiger partial charge in [-0.2, -0.15) is 0 Å². The number of ether oxygens (including phenoxy) is 1. The first-order chi connectivity index (χ1) is 11.9. The summed E-state index contributed by atoms with van der Waals surface area (Å²) in [6, 6.07) is 5.17. The molecule has 0 radical (unpaired) electrons. The van der Waals surface area contributed by atoms with E-state index in [2.05, 4.69) is 15.0 Å². The molecule has 8 heteroatoms. The standard InChI is InChI=1S/C17H23F3N2O3/c18-17(19,20)25-15-7-3-5-13(11-15)16(24)21-8-4-10-22-9-2-1-6-14(22)12-23/h3,5,7,11,14,23H,1-2,4,6,8-10,12H2,(H,21,24). The maximum atomic E-state index is 12.2. The summed E-state index contributed by atoms with van der Waals surface area (Å²) in [5.41, 5.74) is 0.118. The number of alkyl halides is 3. The van der Waals surface area contributed by atoms with Gasteiger partial charge < -0.3 is 15.2 Å². The molecule has 1 heterocycles. The van der Waals surface area contributed by atoms with Gasteiger partial charge in [0.05, 0.1) is 6.61 Å². The van der Waals surface area contributed by atoms with Crippen molar-refractivity contribution in [3.8, 4) is 5.75 Å². The van der Waals surface area contributed by atoms with Crippen LogP contribution in [0.4, 0.5) is 13.2 Å². The molecule has 0 bridgehead atoms. The normalized spacial score (nSPS) is 18.8. The van der Waals surface area contributed by atoms with E-state index in [-0.39, 0.29) is 18.2 Å². The summed E-state index contributed by atoms with van der Waals surface area (Å²) >= 11 is 0. The van der Waals surface area contributed by atoms with Crippen molar-refractivity contribution in [3.63, 3.8) is 0 Å². The first kappa shape index (κ1) is 19.5. The molecule has 0 aromatic heterocycles. The second-order valence-corrected chi connectivity index (χ2v) is 6.05. The van der Waals surface area contributed by atoms with Crippen LogP contribution < -0.4 is 10.1 Å². The Labute approximate surface area is 144 Å². The summed E-state index contributed by atoms with van der Waals surface area (Å²) in [6.07, 6.45) is -0.869. The quantitative estimate of drug-likeness (QED) is 0.734. The fourth-order valence-electron chi connectivity index (χ4n) is 2.98. The fraction of sp³-hybridized carbons (Fsp3) is 0.588. The van der Waals surface area contributed by atoms with Gasteiger partial charge in [0.2, 0.25) is 0 Å². The molecule has 1 aliphatic rings. The number of rotatable bonds is 7. The van der Waals surface area contributed by atoms with Crippen LogP contribution in [0.2, 0.25) is 0 Å². The van der Waals surface area contributed by atoms with Crippen molar-refractivity contribution >= 4 is 5.91 Å². The molecular formula is C17H23F3N2O3. The number of nitrogens with one attached hydrogen (secondary N) is 1. The van der Waals surface area contributed by atoms with Gasteiger partial charge in [-0.05, 0) is 44.0 Å². The molecule has 25 heavy (non-hydrogen) atoms. The second-order valence-electron chi connectivity index (χ2n) is 6.05. The molecule has 1 atom stereocenters. The number of aliphatic hydroxyl groups excluding tert-OH is 1. The average molecular weight is 360 g/mol. The largest absolute Gasteiger partial charge is 0.573 e. The number of hydrogen-bond donors (Lipinski definition) is 2. The lowest BCUT2D eigenvalue weighted by molar-refractivity contribution is -0.274. The number of carbonyl (C=O) groups is 1. The summed E-state index contributed by atoms with van der Waals surface area (Å²) in [5.74, 6) is -0.857. The number of nitrogens with zero attached hydrogens (tertiary/aromatic N) is 1. The summed E-state index contributed by atoms with van der Waals surface area (Å²) in [6.45, 7) is 2.26.